The SMILES string of the molecule is Cc1oc(C(C)C)cc1C(=O)NCCCCCC(=O)O. The van der Waals surface area contributed by atoms with Crippen LogP contribution in [0.2, 0.25) is 0 Å². The fraction of sp³-hybridized carbons (Fsp3) is 0.600. The summed E-state index contributed by atoms with van der Waals surface area (Å²) >= 11 is 0. The number of amides is 1. The summed E-state index contributed by atoms with van der Waals surface area (Å²) in [7, 11) is 0. The minimum atomic E-state index is -0.774. The summed E-state index contributed by atoms with van der Waals surface area (Å²) in [6, 6.07) is 1.79. The first-order chi connectivity index (χ1) is 9.41. The molecule has 0 fully saturated rings. The Kier molecular flexibility index (Phi) is 6.28. The Bertz CT molecular complexity index is 462. The van der Waals surface area contributed by atoms with E-state index < -0.39 is 5.97 Å². The van der Waals surface area contributed by atoms with E-state index in [2.05, 4.69) is 5.32 Å². The number of carboxylic acids is 1. The zero-order valence-electron chi connectivity index (χ0n) is 12.4. The molecule has 1 amide bonds. The number of carboxylic acid groups (broad SMARTS) is 1. The van der Waals surface area contributed by atoms with Crippen LogP contribution in [0.5, 0.6) is 0 Å². The molecule has 112 valence electrons. The maximum absolute atomic E-state index is 12.0. The van der Waals surface area contributed by atoms with Crippen molar-refractivity contribution >= 4 is 11.9 Å². The molecule has 0 saturated heterocycles. The van der Waals surface area contributed by atoms with Gasteiger partial charge in [-0.05, 0) is 25.8 Å². The zero-order valence-corrected chi connectivity index (χ0v) is 12.4. The second-order valence-corrected chi connectivity index (χ2v) is 5.23. The van der Waals surface area contributed by atoms with Crippen LogP contribution in [0.3, 0.4) is 0 Å². The van der Waals surface area contributed by atoms with Gasteiger partial charge in [0.2, 0.25) is 0 Å². The Hall–Kier alpha value is -1.78. The van der Waals surface area contributed by atoms with Gasteiger partial charge in [-0.1, -0.05) is 20.3 Å². The van der Waals surface area contributed by atoms with Crippen molar-refractivity contribution in [3.8, 4) is 0 Å². The Morgan fingerprint density at radius 3 is 2.55 bits per heavy atom. The Morgan fingerprint density at radius 2 is 2.00 bits per heavy atom. The molecule has 0 aliphatic carbocycles. The largest absolute Gasteiger partial charge is 0.481 e. The highest BCUT2D eigenvalue weighted by Crippen LogP contribution is 2.21. The molecule has 1 aromatic heterocycles. The highest BCUT2D eigenvalue weighted by Gasteiger charge is 2.15. The van der Waals surface area contributed by atoms with E-state index in [0.717, 1.165) is 18.6 Å². The monoisotopic (exact) mass is 281 g/mol. The number of furan rings is 1. The average molecular weight is 281 g/mol. The van der Waals surface area contributed by atoms with Gasteiger partial charge in [-0.2, -0.15) is 0 Å². The van der Waals surface area contributed by atoms with Gasteiger partial charge in [0, 0.05) is 18.9 Å². The predicted octanol–water partition coefficient (Wildman–Crippen LogP) is 3.09. The molecule has 1 heterocycles. The van der Waals surface area contributed by atoms with E-state index in [1.54, 1.807) is 13.0 Å². The third-order valence-corrected chi connectivity index (χ3v) is 3.10. The fourth-order valence-electron chi connectivity index (χ4n) is 1.89. The van der Waals surface area contributed by atoms with Gasteiger partial charge in [0.25, 0.3) is 5.91 Å². The van der Waals surface area contributed by atoms with Crippen molar-refractivity contribution < 1.29 is 19.1 Å². The Morgan fingerprint density at radius 1 is 1.30 bits per heavy atom. The summed E-state index contributed by atoms with van der Waals surface area (Å²) in [5.41, 5.74) is 0.583. The van der Waals surface area contributed by atoms with Crippen molar-refractivity contribution in [3.63, 3.8) is 0 Å². The van der Waals surface area contributed by atoms with E-state index >= 15 is 0 Å². The molecular weight excluding hydrogens is 258 g/mol. The third-order valence-electron chi connectivity index (χ3n) is 3.10. The number of carbonyl (C=O) groups excluding carboxylic acids is 1. The van der Waals surface area contributed by atoms with Crippen LogP contribution in [0.15, 0.2) is 10.5 Å². The summed E-state index contributed by atoms with van der Waals surface area (Å²) in [5, 5.41) is 11.3. The number of unbranched alkanes of at least 4 members (excludes halogenated alkanes) is 2. The van der Waals surface area contributed by atoms with Crippen LogP contribution in [0.1, 0.15) is 67.3 Å². The van der Waals surface area contributed by atoms with E-state index in [1.165, 1.54) is 0 Å². The van der Waals surface area contributed by atoms with Gasteiger partial charge < -0.3 is 14.8 Å². The summed E-state index contributed by atoms with van der Waals surface area (Å²) < 4.78 is 5.54. The average Bonchev–Trinajstić information content (AvgIpc) is 2.75. The van der Waals surface area contributed by atoms with Crippen molar-refractivity contribution in [2.75, 3.05) is 6.54 Å². The van der Waals surface area contributed by atoms with Gasteiger partial charge in [-0.3, -0.25) is 9.59 Å². The second-order valence-electron chi connectivity index (χ2n) is 5.23. The summed E-state index contributed by atoms with van der Waals surface area (Å²) in [4.78, 5) is 22.3. The second kappa shape index (κ2) is 7.72. The fourth-order valence-corrected chi connectivity index (χ4v) is 1.89. The molecule has 0 radical (unpaired) electrons. The van der Waals surface area contributed by atoms with E-state index in [-0.39, 0.29) is 18.2 Å². The first-order valence-electron chi connectivity index (χ1n) is 7.02. The molecule has 1 rings (SSSR count). The number of carbonyl (C=O) groups is 2. The highest BCUT2D eigenvalue weighted by atomic mass is 16.4. The number of aryl methyl sites for hydroxylation is 1. The molecule has 5 heteroatoms. The number of hydrogen-bond acceptors (Lipinski definition) is 3. The van der Waals surface area contributed by atoms with Gasteiger partial charge in [-0.25, -0.2) is 0 Å². The first-order valence-corrected chi connectivity index (χ1v) is 7.02. The van der Waals surface area contributed by atoms with Crippen LogP contribution in [0.4, 0.5) is 0 Å². The Labute approximate surface area is 119 Å². The Balaban J connectivity index is 2.34. The number of aliphatic carboxylic acids is 1. The molecule has 0 aromatic carbocycles. The van der Waals surface area contributed by atoms with Crippen molar-refractivity contribution in [2.45, 2.75) is 52.4 Å². The lowest BCUT2D eigenvalue weighted by Gasteiger charge is -2.03. The van der Waals surface area contributed by atoms with Crippen molar-refractivity contribution in [1.29, 1.82) is 0 Å². The predicted molar refractivity (Wildman–Crippen MR) is 76.0 cm³/mol. The van der Waals surface area contributed by atoms with Gasteiger partial charge in [-0.15, -0.1) is 0 Å². The van der Waals surface area contributed by atoms with Gasteiger partial charge in [0.15, 0.2) is 0 Å². The molecule has 2 N–H and O–H groups in total. The van der Waals surface area contributed by atoms with Crippen molar-refractivity contribution in [2.24, 2.45) is 0 Å². The lowest BCUT2D eigenvalue weighted by molar-refractivity contribution is -0.137. The van der Waals surface area contributed by atoms with Crippen molar-refractivity contribution in [1.82, 2.24) is 5.32 Å². The molecule has 0 aliphatic heterocycles. The standard InChI is InChI=1S/C15H23NO4/c1-10(2)13-9-12(11(3)20-13)15(19)16-8-6-4-5-7-14(17)18/h9-10H,4-8H2,1-3H3,(H,16,19)(H,17,18). The van der Waals surface area contributed by atoms with E-state index in [1.807, 2.05) is 13.8 Å². The van der Waals surface area contributed by atoms with E-state index in [4.69, 9.17) is 9.52 Å². The normalized spacial score (nSPS) is 10.8. The van der Waals surface area contributed by atoms with Crippen LogP contribution < -0.4 is 5.32 Å². The van der Waals surface area contributed by atoms with Crippen LogP contribution in [0, 0.1) is 6.92 Å². The molecular formula is C15H23NO4. The van der Waals surface area contributed by atoms with Crippen LogP contribution in [-0.4, -0.2) is 23.5 Å². The summed E-state index contributed by atoms with van der Waals surface area (Å²) in [6.45, 7) is 6.37. The van der Waals surface area contributed by atoms with Gasteiger partial charge in [0.05, 0.1) is 5.56 Å². The highest BCUT2D eigenvalue weighted by molar-refractivity contribution is 5.95. The molecule has 5 nitrogen and oxygen atoms in total. The molecule has 1 aromatic rings. The van der Waals surface area contributed by atoms with E-state index in [0.29, 0.717) is 24.3 Å². The number of nitrogens with one attached hydrogen (secondary N) is 1. The maximum Gasteiger partial charge on any atom is 0.303 e. The van der Waals surface area contributed by atoms with Gasteiger partial charge >= 0.3 is 5.97 Å². The molecule has 0 aliphatic rings. The third kappa shape index (κ3) is 5.07. The minimum Gasteiger partial charge on any atom is -0.481 e. The quantitative estimate of drug-likeness (QED) is 0.718. The molecule has 0 unspecified atom stereocenters. The van der Waals surface area contributed by atoms with Crippen molar-refractivity contribution in [3.05, 3.63) is 23.2 Å². The van der Waals surface area contributed by atoms with Crippen LogP contribution in [-0.2, 0) is 4.79 Å². The topological polar surface area (TPSA) is 79.5 Å². The van der Waals surface area contributed by atoms with Gasteiger partial charge in [0.1, 0.15) is 11.5 Å². The lowest BCUT2D eigenvalue weighted by atomic mass is 10.1. The minimum absolute atomic E-state index is 0.128. The summed E-state index contributed by atoms with van der Waals surface area (Å²) in [6.07, 6.45) is 2.42. The van der Waals surface area contributed by atoms with Crippen LogP contribution >= 0.6 is 0 Å². The molecule has 0 saturated carbocycles. The molecule has 0 spiro atoms. The van der Waals surface area contributed by atoms with Crippen LogP contribution in [0.25, 0.3) is 0 Å². The zero-order chi connectivity index (χ0) is 15.1. The summed E-state index contributed by atoms with van der Waals surface area (Å²) in [5.74, 6) is 0.804. The lowest BCUT2D eigenvalue weighted by Crippen LogP contribution is -2.24. The molecule has 20 heavy (non-hydrogen) atoms. The molecule has 0 atom stereocenters. The number of rotatable bonds is 8. The maximum atomic E-state index is 12.0. The van der Waals surface area contributed by atoms with E-state index in [9.17, 15) is 9.59 Å². The smallest absolute Gasteiger partial charge is 0.303 e. The first kappa shape index (κ1) is 16.3. The number of hydrogen-bond donors (Lipinski definition) is 2. The molecule has 0 bridgehead atoms.